The number of unbranched alkanes of at least 4 members (excludes halogenated alkanes) is 31. The fraction of sp³-hybridized carbons (Fsp3) is 0.712. The maximum absolute atomic E-state index is 12.9. The van der Waals surface area contributed by atoms with Gasteiger partial charge in [0.05, 0.1) is 0 Å². The Morgan fingerprint density at radius 3 is 0.772 bits per heavy atom. The Bertz CT molecular complexity index is 1590. The second-order valence-corrected chi connectivity index (χ2v) is 22.0. The second kappa shape index (κ2) is 66.6. The number of rotatable bonds is 60. The van der Waals surface area contributed by atoms with Crippen molar-refractivity contribution >= 4 is 17.9 Å². The molecule has 452 valence electrons. The number of esters is 3. The molecule has 0 saturated heterocycles. The normalized spacial score (nSPS) is 12.8. The molecule has 1 atom stereocenters. The fourth-order valence-electron chi connectivity index (χ4n) is 9.30. The summed E-state index contributed by atoms with van der Waals surface area (Å²) in [6.07, 6.45) is 91.0. The standard InChI is InChI=1S/C73H124O6/c1-4-7-10-13-16-19-22-25-28-31-32-33-34-35-36-37-38-39-40-43-45-48-51-54-57-60-63-66-72(75)78-69-70(79-73(76)67-64-61-58-55-52-49-46-42-30-27-24-21-18-15-12-9-6-3)68-77-71(74)65-62-59-56-53-50-47-44-41-29-26-23-20-17-14-11-8-5-2/h8-9,11-12,17-18,20-22,25-27,29-32,34-35,70H,4-7,10,13-16,19,23-24,28,33,36-69H2,1-3H3/b11-8-,12-9-,20-17-,21-18-,25-22-,29-26-,30-27-,32-31-,35-34-. The van der Waals surface area contributed by atoms with E-state index in [1.807, 2.05) is 0 Å². The molecule has 6 heteroatoms. The maximum Gasteiger partial charge on any atom is 0.306 e. The number of carbonyl (C=O) groups is 3. The van der Waals surface area contributed by atoms with E-state index < -0.39 is 6.10 Å². The Kier molecular flexibility index (Phi) is 63.3. The average molecular weight is 1100 g/mol. The lowest BCUT2D eigenvalue weighted by molar-refractivity contribution is -0.167. The van der Waals surface area contributed by atoms with Gasteiger partial charge in [0.1, 0.15) is 13.2 Å². The largest absolute Gasteiger partial charge is 0.462 e. The third-order valence-electron chi connectivity index (χ3n) is 14.2. The predicted molar refractivity (Wildman–Crippen MR) is 343 cm³/mol. The molecule has 6 nitrogen and oxygen atoms in total. The summed E-state index contributed by atoms with van der Waals surface area (Å²) in [6.45, 7) is 6.42. The van der Waals surface area contributed by atoms with Crippen molar-refractivity contribution in [3.63, 3.8) is 0 Å². The first-order valence-electron chi connectivity index (χ1n) is 33.4. The number of hydrogen-bond acceptors (Lipinski definition) is 6. The maximum atomic E-state index is 12.9. The molecule has 0 heterocycles. The van der Waals surface area contributed by atoms with Crippen LogP contribution in [-0.2, 0) is 28.6 Å². The first-order valence-corrected chi connectivity index (χ1v) is 33.4. The third kappa shape index (κ3) is 64.8. The molecule has 0 spiro atoms. The number of ether oxygens (including phenoxy) is 3. The van der Waals surface area contributed by atoms with Gasteiger partial charge in [-0.3, -0.25) is 14.4 Å². The van der Waals surface area contributed by atoms with E-state index in [-0.39, 0.29) is 31.1 Å². The van der Waals surface area contributed by atoms with Crippen LogP contribution in [0.5, 0.6) is 0 Å². The Balaban J connectivity index is 4.34. The van der Waals surface area contributed by atoms with E-state index in [0.29, 0.717) is 19.3 Å². The summed E-state index contributed by atoms with van der Waals surface area (Å²) < 4.78 is 16.9. The highest BCUT2D eigenvalue weighted by Crippen LogP contribution is 2.16. The van der Waals surface area contributed by atoms with Crippen LogP contribution in [0.3, 0.4) is 0 Å². The molecule has 0 N–H and O–H groups in total. The van der Waals surface area contributed by atoms with Crippen molar-refractivity contribution < 1.29 is 28.6 Å². The SMILES string of the molecule is CC/C=C\C/C=C\C/C=C\CCCCCCCCCC(=O)OCC(COC(=O)CCCCCCCCCCCCCC/C=C\C/C=C\C/C=C\CCCCCCC)OC(=O)CCCCCCCCC/C=C\C/C=C\C/C=C\CC. The van der Waals surface area contributed by atoms with Gasteiger partial charge in [-0.05, 0) is 122 Å². The second-order valence-electron chi connectivity index (χ2n) is 22.0. The van der Waals surface area contributed by atoms with Crippen LogP contribution in [0.25, 0.3) is 0 Å². The molecule has 0 fully saturated rings. The van der Waals surface area contributed by atoms with Gasteiger partial charge in [-0.15, -0.1) is 0 Å². The molecule has 0 aliphatic carbocycles. The van der Waals surface area contributed by atoms with Crippen molar-refractivity contribution in [3.8, 4) is 0 Å². The van der Waals surface area contributed by atoms with E-state index in [1.54, 1.807) is 0 Å². The molecule has 1 unspecified atom stereocenters. The molecule has 0 aromatic rings. The van der Waals surface area contributed by atoms with Gasteiger partial charge in [0.15, 0.2) is 6.10 Å². The highest BCUT2D eigenvalue weighted by Gasteiger charge is 2.19. The van der Waals surface area contributed by atoms with Gasteiger partial charge in [-0.1, -0.05) is 284 Å². The molecule has 0 radical (unpaired) electrons. The average Bonchev–Trinajstić information content (AvgIpc) is 3.45. The van der Waals surface area contributed by atoms with Crippen molar-refractivity contribution in [1.82, 2.24) is 0 Å². The molecule has 0 aromatic heterocycles. The summed E-state index contributed by atoms with van der Waals surface area (Å²) in [6, 6.07) is 0. The molecule has 0 saturated carbocycles. The van der Waals surface area contributed by atoms with Gasteiger partial charge in [-0.25, -0.2) is 0 Å². The van der Waals surface area contributed by atoms with Crippen LogP contribution >= 0.6 is 0 Å². The lowest BCUT2D eigenvalue weighted by Gasteiger charge is -2.18. The molecule has 79 heavy (non-hydrogen) atoms. The monoisotopic (exact) mass is 1100 g/mol. The Morgan fingerprint density at radius 1 is 0.266 bits per heavy atom. The fourth-order valence-corrected chi connectivity index (χ4v) is 9.30. The highest BCUT2D eigenvalue weighted by molar-refractivity contribution is 5.71. The van der Waals surface area contributed by atoms with Crippen LogP contribution < -0.4 is 0 Å². The van der Waals surface area contributed by atoms with Crippen LogP contribution in [0.1, 0.15) is 316 Å². The zero-order valence-corrected chi connectivity index (χ0v) is 51.9. The number of hydrogen-bond donors (Lipinski definition) is 0. The molecule has 0 amide bonds. The summed E-state index contributed by atoms with van der Waals surface area (Å²) in [4.78, 5) is 38.4. The molecule has 0 bridgehead atoms. The molecule has 0 aliphatic rings. The van der Waals surface area contributed by atoms with Crippen LogP contribution in [-0.4, -0.2) is 37.2 Å². The number of carbonyl (C=O) groups excluding carboxylic acids is 3. The summed E-state index contributed by atoms with van der Waals surface area (Å²) in [5.74, 6) is -0.899. The van der Waals surface area contributed by atoms with E-state index in [9.17, 15) is 14.4 Å². The minimum Gasteiger partial charge on any atom is -0.462 e. The lowest BCUT2D eigenvalue weighted by Crippen LogP contribution is -2.30. The first-order chi connectivity index (χ1) is 39.0. The highest BCUT2D eigenvalue weighted by atomic mass is 16.6. The quantitative estimate of drug-likeness (QED) is 0.0261. The molecule has 0 aliphatic heterocycles. The van der Waals surface area contributed by atoms with E-state index in [0.717, 1.165) is 122 Å². The van der Waals surface area contributed by atoms with E-state index in [2.05, 4.69) is 130 Å². The molecule has 0 rings (SSSR count). The van der Waals surface area contributed by atoms with Gasteiger partial charge < -0.3 is 14.2 Å². The van der Waals surface area contributed by atoms with E-state index in [1.165, 1.54) is 154 Å². The first kappa shape index (κ1) is 75.1. The van der Waals surface area contributed by atoms with Gasteiger partial charge >= 0.3 is 17.9 Å². The number of allylic oxidation sites excluding steroid dienone is 18. The molecular weight excluding hydrogens is 973 g/mol. The van der Waals surface area contributed by atoms with Crippen LogP contribution in [0.2, 0.25) is 0 Å². The van der Waals surface area contributed by atoms with E-state index >= 15 is 0 Å². The van der Waals surface area contributed by atoms with Crippen molar-refractivity contribution in [2.24, 2.45) is 0 Å². The van der Waals surface area contributed by atoms with Crippen LogP contribution in [0, 0.1) is 0 Å². The van der Waals surface area contributed by atoms with Crippen molar-refractivity contribution in [1.29, 1.82) is 0 Å². The van der Waals surface area contributed by atoms with Gasteiger partial charge in [-0.2, -0.15) is 0 Å². The zero-order chi connectivity index (χ0) is 57.1. The minimum absolute atomic E-state index is 0.0865. The predicted octanol–water partition coefficient (Wildman–Crippen LogP) is 23.0. The van der Waals surface area contributed by atoms with Crippen molar-refractivity contribution in [3.05, 3.63) is 109 Å². The van der Waals surface area contributed by atoms with Crippen LogP contribution in [0.4, 0.5) is 0 Å². The Labute approximate surface area is 489 Å². The van der Waals surface area contributed by atoms with Gasteiger partial charge in [0.2, 0.25) is 0 Å². The van der Waals surface area contributed by atoms with Crippen molar-refractivity contribution in [2.75, 3.05) is 13.2 Å². The molecule has 0 aromatic carbocycles. The smallest absolute Gasteiger partial charge is 0.306 e. The minimum atomic E-state index is -0.792. The Morgan fingerprint density at radius 2 is 0.494 bits per heavy atom. The topological polar surface area (TPSA) is 78.9 Å². The van der Waals surface area contributed by atoms with Crippen molar-refractivity contribution in [2.45, 2.75) is 322 Å². The van der Waals surface area contributed by atoms with E-state index in [4.69, 9.17) is 14.2 Å². The molecular formula is C73H124O6. The van der Waals surface area contributed by atoms with Gasteiger partial charge in [0.25, 0.3) is 0 Å². The summed E-state index contributed by atoms with van der Waals surface area (Å²) >= 11 is 0. The summed E-state index contributed by atoms with van der Waals surface area (Å²) in [7, 11) is 0. The summed E-state index contributed by atoms with van der Waals surface area (Å²) in [5.41, 5.74) is 0. The summed E-state index contributed by atoms with van der Waals surface area (Å²) in [5, 5.41) is 0. The zero-order valence-electron chi connectivity index (χ0n) is 51.9. The Hall–Kier alpha value is -3.93. The third-order valence-corrected chi connectivity index (χ3v) is 14.2. The van der Waals surface area contributed by atoms with Crippen LogP contribution in [0.15, 0.2) is 109 Å². The van der Waals surface area contributed by atoms with Gasteiger partial charge in [0, 0.05) is 19.3 Å². The lowest BCUT2D eigenvalue weighted by atomic mass is 10.0.